The van der Waals surface area contributed by atoms with Crippen LogP contribution in [0.2, 0.25) is 5.02 Å². The Bertz CT molecular complexity index is 340. The van der Waals surface area contributed by atoms with Crippen molar-refractivity contribution in [3.8, 4) is 0 Å². The van der Waals surface area contributed by atoms with Gasteiger partial charge in [-0.15, -0.1) is 0 Å². The molecule has 75 valence electrons. The smallest absolute Gasteiger partial charge is 0.124 e. The summed E-state index contributed by atoms with van der Waals surface area (Å²) in [4.78, 5) is 2.21. The van der Waals surface area contributed by atoms with Gasteiger partial charge in [0.2, 0.25) is 0 Å². The average Bonchev–Trinajstić information content (AvgIpc) is 2.52. The van der Waals surface area contributed by atoms with Crippen molar-refractivity contribution in [1.29, 1.82) is 0 Å². The van der Waals surface area contributed by atoms with Crippen molar-refractivity contribution in [2.75, 3.05) is 13.6 Å². The predicted octanol–water partition coefficient (Wildman–Crippen LogP) is 3.06. The molecule has 0 N–H and O–H groups in total. The van der Waals surface area contributed by atoms with Crippen LogP contribution in [0.4, 0.5) is 4.39 Å². The second-order valence-corrected chi connectivity index (χ2v) is 4.02. The summed E-state index contributed by atoms with van der Waals surface area (Å²) in [6.07, 6.45) is 3.27. The van der Waals surface area contributed by atoms with Gasteiger partial charge in [0.1, 0.15) is 5.82 Å². The molecule has 0 amide bonds. The molecule has 0 spiro atoms. The van der Waals surface area contributed by atoms with Gasteiger partial charge in [-0.2, -0.15) is 0 Å². The molecule has 0 aromatic heterocycles. The van der Waals surface area contributed by atoms with E-state index < -0.39 is 0 Å². The highest BCUT2D eigenvalue weighted by Gasteiger charge is 2.24. The van der Waals surface area contributed by atoms with Crippen LogP contribution in [0.5, 0.6) is 0 Å². The van der Waals surface area contributed by atoms with Gasteiger partial charge in [0.25, 0.3) is 0 Å². The van der Waals surface area contributed by atoms with Gasteiger partial charge in [-0.3, -0.25) is 4.90 Å². The van der Waals surface area contributed by atoms with Gasteiger partial charge in [-0.05, 0) is 44.1 Å². The fraction of sp³-hybridized carbons (Fsp3) is 0.364. The number of likely N-dealkylation sites (tertiary alicyclic amines) is 1. The summed E-state index contributed by atoms with van der Waals surface area (Å²) in [5, 5.41) is 0.514. The lowest BCUT2D eigenvalue weighted by Crippen LogP contribution is -2.17. The van der Waals surface area contributed by atoms with Crippen LogP contribution in [0.3, 0.4) is 0 Å². The fourth-order valence-electron chi connectivity index (χ4n) is 1.86. The zero-order valence-electron chi connectivity index (χ0n) is 8.00. The Morgan fingerprint density at radius 2 is 2.29 bits per heavy atom. The Hall–Kier alpha value is -0.600. The summed E-state index contributed by atoms with van der Waals surface area (Å²) < 4.78 is 12.8. The molecule has 1 atom stereocenters. The zero-order chi connectivity index (χ0) is 10.1. The Balaban J connectivity index is 2.31. The molecule has 1 aromatic rings. The third-order valence-electron chi connectivity index (χ3n) is 2.63. The molecule has 14 heavy (non-hydrogen) atoms. The second-order valence-electron chi connectivity index (χ2n) is 3.62. The van der Waals surface area contributed by atoms with Crippen LogP contribution in [0.25, 0.3) is 0 Å². The number of nitrogens with zero attached hydrogens (tertiary/aromatic N) is 1. The summed E-state index contributed by atoms with van der Waals surface area (Å²) in [7, 11) is 2.05. The molecule has 1 aromatic carbocycles. The largest absolute Gasteiger partial charge is 0.299 e. The van der Waals surface area contributed by atoms with E-state index in [1.807, 2.05) is 7.05 Å². The Kier molecular flexibility index (Phi) is 2.75. The minimum atomic E-state index is -0.278. The molecule has 1 unspecified atom stereocenters. The first-order valence-corrected chi connectivity index (χ1v) is 5.05. The monoisotopic (exact) mass is 212 g/mol. The van der Waals surface area contributed by atoms with Gasteiger partial charge in [-0.1, -0.05) is 17.7 Å². The molecule has 1 aliphatic rings. The number of hydrogen-bond acceptors (Lipinski definition) is 1. The standard InChI is InChI=1S/C11H12ClFN/c1-14-6-2-3-11(14)9-5-4-8(13)7-10(9)12/h3-5,7,11H,2,6H2,1H3. The van der Waals surface area contributed by atoms with Gasteiger partial charge in [0.05, 0.1) is 0 Å². The number of hydrogen-bond donors (Lipinski definition) is 0. The molecular formula is C11H12ClFN. The van der Waals surface area contributed by atoms with Crippen molar-refractivity contribution in [3.05, 3.63) is 41.0 Å². The molecule has 1 saturated heterocycles. The van der Waals surface area contributed by atoms with Gasteiger partial charge in [0.15, 0.2) is 0 Å². The summed E-state index contributed by atoms with van der Waals surface area (Å²) >= 11 is 5.99. The molecule has 0 aliphatic carbocycles. The first-order valence-electron chi connectivity index (χ1n) is 4.67. The summed E-state index contributed by atoms with van der Waals surface area (Å²) in [5.74, 6) is -0.278. The SMILES string of the molecule is CN1CC[CH]C1c1ccc(F)cc1Cl. The molecule has 3 heteroatoms. The molecule has 1 aliphatic heterocycles. The fourth-order valence-corrected chi connectivity index (χ4v) is 2.14. The van der Waals surface area contributed by atoms with E-state index in [0.717, 1.165) is 18.5 Å². The lowest BCUT2D eigenvalue weighted by atomic mass is 10.0. The molecule has 0 bridgehead atoms. The normalized spacial score (nSPS) is 22.9. The average molecular weight is 213 g/mol. The summed E-state index contributed by atoms with van der Waals surface area (Å²) in [6.45, 7) is 1.04. The van der Waals surface area contributed by atoms with E-state index in [-0.39, 0.29) is 11.9 Å². The van der Waals surface area contributed by atoms with Crippen LogP contribution in [0.15, 0.2) is 18.2 Å². The minimum absolute atomic E-state index is 0.239. The van der Waals surface area contributed by atoms with Crippen LogP contribution in [0.1, 0.15) is 18.0 Å². The molecule has 1 fully saturated rings. The Morgan fingerprint density at radius 3 is 2.86 bits per heavy atom. The molecular weight excluding hydrogens is 201 g/mol. The maximum atomic E-state index is 12.8. The van der Waals surface area contributed by atoms with E-state index in [0.29, 0.717) is 5.02 Å². The quantitative estimate of drug-likeness (QED) is 0.692. The molecule has 0 saturated carbocycles. The van der Waals surface area contributed by atoms with Crippen LogP contribution in [-0.2, 0) is 0 Å². The zero-order valence-corrected chi connectivity index (χ0v) is 8.76. The van der Waals surface area contributed by atoms with Crippen LogP contribution >= 0.6 is 11.6 Å². The van der Waals surface area contributed by atoms with Gasteiger partial charge >= 0.3 is 0 Å². The third-order valence-corrected chi connectivity index (χ3v) is 2.96. The van der Waals surface area contributed by atoms with Crippen LogP contribution < -0.4 is 0 Å². The highest BCUT2D eigenvalue weighted by atomic mass is 35.5. The van der Waals surface area contributed by atoms with E-state index in [1.54, 1.807) is 6.07 Å². The second kappa shape index (κ2) is 3.87. The minimum Gasteiger partial charge on any atom is -0.299 e. The Morgan fingerprint density at radius 1 is 1.50 bits per heavy atom. The molecule has 1 heterocycles. The third kappa shape index (κ3) is 1.77. The van der Waals surface area contributed by atoms with Gasteiger partial charge in [0, 0.05) is 11.1 Å². The van der Waals surface area contributed by atoms with Crippen molar-refractivity contribution >= 4 is 11.6 Å². The van der Waals surface area contributed by atoms with E-state index in [2.05, 4.69) is 11.3 Å². The maximum absolute atomic E-state index is 12.8. The molecule has 1 radical (unpaired) electrons. The van der Waals surface area contributed by atoms with E-state index in [1.165, 1.54) is 12.1 Å². The first-order chi connectivity index (χ1) is 6.68. The summed E-state index contributed by atoms with van der Waals surface area (Å²) in [5.41, 5.74) is 0.994. The van der Waals surface area contributed by atoms with Gasteiger partial charge in [-0.25, -0.2) is 4.39 Å². The van der Waals surface area contributed by atoms with E-state index in [4.69, 9.17) is 11.6 Å². The van der Waals surface area contributed by atoms with Crippen molar-refractivity contribution in [2.24, 2.45) is 0 Å². The van der Waals surface area contributed by atoms with E-state index >= 15 is 0 Å². The van der Waals surface area contributed by atoms with Crippen molar-refractivity contribution < 1.29 is 4.39 Å². The summed E-state index contributed by atoms with van der Waals surface area (Å²) in [6, 6.07) is 4.83. The number of halogens is 2. The van der Waals surface area contributed by atoms with Crippen molar-refractivity contribution in [2.45, 2.75) is 12.5 Å². The predicted molar refractivity (Wildman–Crippen MR) is 55.7 cm³/mol. The lowest BCUT2D eigenvalue weighted by Gasteiger charge is -2.20. The topological polar surface area (TPSA) is 3.24 Å². The van der Waals surface area contributed by atoms with Crippen LogP contribution in [-0.4, -0.2) is 18.5 Å². The first kappa shape index (κ1) is 9.94. The Labute approximate surface area is 88.5 Å². The highest BCUT2D eigenvalue weighted by molar-refractivity contribution is 6.31. The van der Waals surface area contributed by atoms with Gasteiger partial charge < -0.3 is 0 Å². The molecule has 2 rings (SSSR count). The number of benzene rings is 1. The lowest BCUT2D eigenvalue weighted by molar-refractivity contribution is 0.334. The van der Waals surface area contributed by atoms with Crippen molar-refractivity contribution in [1.82, 2.24) is 4.90 Å². The highest BCUT2D eigenvalue weighted by Crippen LogP contribution is 2.33. The molecule has 1 nitrogen and oxygen atoms in total. The maximum Gasteiger partial charge on any atom is 0.124 e. The number of rotatable bonds is 1. The van der Waals surface area contributed by atoms with Crippen molar-refractivity contribution in [3.63, 3.8) is 0 Å². The van der Waals surface area contributed by atoms with Crippen LogP contribution in [0, 0.1) is 12.2 Å². The van der Waals surface area contributed by atoms with E-state index in [9.17, 15) is 4.39 Å².